The van der Waals surface area contributed by atoms with Crippen LogP contribution in [0.25, 0.3) is 11.0 Å². The Kier molecular flexibility index (Phi) is 5.03. The van der Waals surface area contributed by atoms with Crippen molar-refractivity contribution in [1.82, 2.24) is 9.78 Å². The molecule has 2 heterocycles. The summed E-state index contributed by atoms with van der Waals surface area (Å²) in [6, 6.07) is 6.31. The van der Waals surface area contributed by atoms with Gasteiger partial charge in [0.25, 0.3) is 5.91 Å². The van der Waals surface area contributed by atoms with E-state index < -0.39 is 5.63 Å². The summed E-state index contributed by atoms with van der Waals surface area (Å²) >= 11 is 0. The molecule has 0 atom stereocenters. The first-order valence-corrected chi connectivity index (χ1v) is 8.90. The van der Waals surface area contributed by atoms with Gasteiger partial charge in [-0.05, 0) is 46.8 Å². The van der Waals surface area contributed by atoms with Gasteiger partial charge in [-0.3, -0.25) is 9.48 Å². The zero-order valence-corrected chi connectivity index (χ0v) is 16.1. The van der Waals surface area contributed by atoms with Crippen LogP contribution in [0.2, 0.25) is 0 Å². The molecule has 1 N–H and O–H groups in total. The largest absolute Gasteiger partial charge is 0.491 e. The summed E-state index contributed by atoms with van der Waals surface area (Å²) in [6.45, 7) is 10.2. The van der Waals surface area contributed by atoms with Crippen molar-refractivity contribution in [1.29, 1.82) is 0 Å². The summed E-state index contributed by atoms with van der Waals surface area (Å²) in [7, 11) is 0. The van der Waals surface area contributed by atoms with E-state index in [4.69, 9.17) is 9.15 Å². The van der Waals surface area contributed by atoms with Gasteiger partial charge in [-0.25, -0.2) is 4.79 Å². The Balaban J connectivity index is 2.02. The summed E-state index contributed by atoms with van der Waals surface area (Å²) < 4.78 is 12.7. The van der Waals surface area contributed by atoms with Crippen LogP contribution in [0.15, 0.2) is 33.5 Å². The lowest BCUT2D eigenvalue weighted by atomic mass is 10.1. The first-order valence-electron chi connectivity index (χ1n) is 8.90. The second kappa shape index (κ2) is 7.26. The van der Waals surface area contributed by atoms with Gasteiger partial charge < -0.3 is 14.5 Å². The Morgan fingerprint density at radius 3 is 2.67 bits per heavy atom. The number of fused-ring (bicyclic) bond motifs is 1. The average Bonchev–Trinajstić information content (AvgIpc) is 2.87. The van der Waals surface area contributed by atoms with Crippen LogP contribution < -0.4 is 15.7 Å². The van der Waals surface area contributed by atoms with Gasteiger partial charge in [0.1, 0.15) is 11.3 Å². The molecule has 7 heteroatoms. The minimum atomic E-state index is -0.591. The maximum Gasteiger partial charge on any atom is 0.337 e. The topological polar surface area (TPSA) is 86.4 Å². The highest BCUT2D eigenvalue weighted by Crippen LogP contribution is 2.25. The van der Waals surface area contributed by atoms with Crippen LogP contribution in [-0.4, -0.2) is 21.8 Å². The molecule has 0 aliphatic rings. The number of hydrogen-bond acceptors (Lipinski definition) is 5. The highest BCUT2D eigenvalue weighted by molar-refractivity contribution is 6.12. The standard InChI is InChI=1S/C20H23N3O4/c1-6-23-13(5)19(12(4)22-23)21-20(25)16-10-18(24)27-17-9-14(26-11(2)3)7-8-15(16)17/h7-11H,6H2,1-5H3,(H,21,25). The second-order valence-corrected chi connectivity index (χ2v) is 6.62. The monoisotopic (exact) mass is 369 g/mol. The fraction of sp³-hybridized carbons (Fsp3) is 0.350. The number of anilines is 1. The summed E-state index contributed by atoms with van der Waals surface area (Å²) in [5.41, 5.74) is 2.21. The Morgan fingerprint density at radius 2 is 2.04 bits per heavy atom. The number of carbonyl (C=O) groups is 1. The molecule has 0 spiro atoms. The zero-order chi connectivity index (χ0) is 19.7. The van der Waals surface area contributed by atoms with Crippen LogP contribution in [0.1, 0.15) is 42.5 Å². The predicted octanol–water partition coefficient (Wildman–Crippen LogP) is 3.67. The van der Waals surface area contributed by atoms with Gasteiger partial charge >= 0.3 is 5.63 Å². The molecule has 1 amide bonds. The fourth-order valence-corrected chi connectivity index (χ4v) is 3.04. The lowest BCUT2D eigenvalue weighted by molar-refractivity contribution is 0.102. The smallest absolute Gasteiger partial charge is 0.337 e. The first kappa shape index (κ1) is 18.7. The molecule has 0 fully saturated rings. The van der Waals surface area contributed by atoms with Gasteiger partial charge in [0.05, 0.1) is 28.7 Å². The molecule has 27 heavy (non-hydrogen) atoms. The summed E-state index contributed by atoms with van der Waals surface area (Å²) in [5.74, 6) is 0.196. The van der Waals surface area contributed by atoms with Crippen molar-refractivity contribution < 1.29 is 13.9 Å². The molecular weight excluding hydrogens is 346 g/mol. The molecule has 0 aliphatic carbocycles. The third kappa shape index (κ3) is 3.72. The highest BCUT2D eigenvalue weighted by Gasteiger charge is 2.18. The number of benzene rings is 1. The molecule has 3 aromatic rings. The van der Waals surface area contributed by atoms with E-state index in [1.165, 1.54) is 6.07 Å². The molecule has 3 rings (SSSR count). The van der Waals surface area contributed by atoms with Crippen LogP contribution in [-0.2, 0) is 6.54 Å². The average molecular weight is 369 g/mol. The molecule has 0 radical (unpaired) electrons. The van der Waals surface area contributed by atoms with Gasteiger partial charge in [0.15, 0.2) is 0 Å². The fourth-order valence-electron chi connectivity index (χ4n) is 3.04. The number of ether oxygens (including phenoxy) is 1. The van der Waals surface area contributed by atoms with E-state index in [0.717, 1.165) is 11.4 Å². The van der Waals surface area contributed by atoms with Crippen molar-refractivity contribution in [2.75, 3.05) is 5.32 Å². The summed E-state index contributed by atoms with van der Waals surface area (Å²) in [4.78, 5) is 24.9. The van der Waals surface area contributed by atoms with Gasteiger partial charge in [-0.1, -0.05) is 0 Å². The van der Waals surface area contributed by atoms with Crippen molar-refractivity contribution in [2.24, 2.45) is 0 Å². The third-order valence-corrected chi connectivity index (χ3v) is 4.25. The van der Waals surface area contributed by atoms with E-state index in [9.17, 15) is 9.59 Å². The van der Waals surface area contributed by atoms with Crippen molar-refractivity contribution in [3.8, 4) is 5.75 Å². The number of aromatic nitrogens is 2. The number of carbonyl (C=O) groups excluding carboxylic acids is 1. The molecule has 0 saturated carbocycles. The van der Waals surface area contributed by atoms with Crippen molar-refractivity contribution in [2.45, 2.75) is 47.3 Å². The van der Waals surface area contributed by atoms with Crippen LogP contribution in [0, 0.1) is 13.8 Å². The minimum Gasteiger partial charge on any atom is -0.491 e. The summed E-state index contributed by atoms with van der Waals surface area (Å²) in [5, 5.41) is 7.82. The van der Waals surface area contributed by atoms with Crippen molar-refractivity contribution in [3.05, 3.63) is 51.6 Å². The minimum absolute atomic E-state index is 0.0123. The van der Waals surface area contributed by atoms with E-state index in [-0.39, 0.29) is 17.6 Å². The number of rotatable bonds is 5. The molecule has 0 bridgehead atoms. The van der Waals surface area contributed by atoms with E-state index in [1.807, 2.05) is 39.3 Å². The SMILES string of the molecule is CCn1nc(C)c(NC(=O)c2cc(=O)oc3cc(OC(C)C)ccc23)c1C. The molecule has 2 aromatic heterocycles. The number of nitrogens with zero attached hydrogens (tertiary/aromatic N) is 2. The number of hydrogen-bond donors (Lipinski definition) is 1. The normalized spacial score (nSPS) is 11.2. The predicted molar refractivity (Wildman–Crippen MR) is 104 cm³/mol. The number of amides is 1. The van der Waals surface area contributed by atoms with Crippen molar-refractivity contribution in [3.63, 3.8) is 0 Å². The molecule has 0 aliphatic heterocycles. The van der Waals surface area contributed by atoms with E-state index in [1.54, 1.807) is 18.2 Å². The molecular formula is C20H23N3O4. The molecule has 0 saturated heterocycles. The Bertz CT molecular complexity index is 1060. The van der Waals surface area contributed by atoms with Crippen LogP contribution >= 0.6 is 0 Å². The van der Waals surface area contributed by atoms with E-state index >= 15 is 0 Å². The Morgan fingerprint density at radius 1 is 1.30 bits per heavy atom. The highest BCUT2D eigenvalue weighted by atomic mass is 16.5. The lowest BCUT2D eigenvalue weighted by Gasteiger charge is -2.11. The first-order chi connectivity index (χ1) is 12.8. The lowest BCUT2D eigenvalue weighted by Crippen LogP contribution is -2.16. The van der Waals surface area contributed by atoms with E-state index in [2.05, 4.69) is 10.4 Å². The second-order valence-electron chi connectivity index (χ2n) is 6.62. The van der Waals surface area contributed by atoms with Crippen LogP contribution in [0.4, 0.5) is 5.69 Å². The number of nitrogens with one attached hydrogen (secondary N) is 1. The number of aryl methyl sites for hydroxylation is 2. The molecule has 142 valence electrons. The summed E-state index contributed by atoms with van der Waals surface area (Å²) in [6.07, 6.45) is -0.0123. The third-order valence-electron chi connectivity index (χ3n) is 4.25. The van der Waals surface area contributed by atoms with Gasteiger partial charge in [-0.15, -0.1) is 0 Å². The van der Waals surface area contributed by atoms with Crippen LogP contribution in [0.3, 0.4) is 0 Å². The Labute approximate surface area is 156 Å². The zero-order valence-electron chi connectivity index (χ0n) is 16.1. The molecule has 1 aromatic carbocycles. The maximum atomic E-state index is 12.9. The van der Waals surface area contributed by atoms with Gasteiger partial charge in [0, 0.05) is 24.1 Å². The van der Waals surface area contributed by atoms with Crippen molar-refractivity contribution >= 4 is 22.6 Å². The van der Waals surface area contributed by atoms with Crippen LogP contribution in [0.5, 0.6) is 5.75 Å². The van der Waals surface area contributed by atoms with E-state index in [0.29, 0.717) is 29.0 Å². The maximum absolute atomic E-state index is 12.9. The van der Waals surface area contributed by atoms with Gasteiger partial charge in [-0.2, -0.15) is 5.10 Å². The molecule has 7 nitrogen and oxygen atoms in total. The Hall–Kier alpha value is -3.09. The quantitative estimate of drug-likeness (QED) is 0.694. The van der Waals surface area contributed by atoms with Gasteiger partial charge in [0.2, 0.25) is 0 Å². The molecule has 0 unspecified atom stereocenters.